The number of nitrogens with zero attached hydrogens (tertiary/aromatic N) is 1. The fourth-order valence-electron chi connectivity index (χ4n) is 1.88. The Bertz CT molecular complexity index is 210. The maximum atomic E-state index is 11.3. The molecule has 0 atom stereocenters. The van der Waals surface area contributed by atoms with Crippen molar-refractivity contribution >= 4 is 5.97 Å². The number of rotatable bonds is 7. The van der Waals surface area contributed by atoms with Crippen molar-refractivity contribution in [3.63, 3.8) is 0 Å². The van der Waals surface area contributed by atoms with Crippen LogP contribution in [-0.2, 0) is 9.53 Å². The highest BCUT2D eigenvalue weighted by Crippen LogP contribution is 2.05. The summed E-state index contributed by atoms with van der Waals surface area (Å²) in [4.78, 5) is 11.3. The molecule has 0 N–H and O–H groups in total. The van der Waals surface area contributed by atoms with Crippen LogP contribution in [0.5, 0.6) is 0 Å². The zero-order valence-corrected chi connectivity index (χ0v) is 11.7. The first kappa shape index (κ1) is 15.4. The van der Waals surface area contributed by atoms with Crippen LogP contribution < -0.4 is 0 Å². The Morgan fingerprint density at radius 3 is 2.12 bits per heavy atom. The minimum Gasteiger partial charge on any atom is -0.460 e. The standard InChI is InChI=1S/C13H28NO2/c1-11(2)9-13(15)16-8-7-14(5,6)10-12(3)4/h11-12H,7-10H2,1-6H3/q+1. The third-order valence-electron chi connectivity index (χ3n) is 2.39. The van der Waals surface area contributed by atoms with Gasteiger partial charge in [0, 0.05) is 12.3 Å². The smallest absolute Gasteiger partial charge is 0.306 e. The van der Waals surface area contributed by atoms with Crippen molar-refractivity contribution < 1.29 is 14.0 Å². The lowest BCUT2D eigenvalue weighted by molar-refractivity contribution is -0.893. The first-order valence-electron chi connectivity index (χ1n) is 6.20. The molecule has 0 aromatic rings. The minimum absolute atomic E-state index is 0.0699. The highest BCUT2D eigenvalue weighted by molar-refractivity contribution is 5.69. The van der Waals surface area contributed by atoms with E-state index in [1.54, 1.807) is 0 Å². The Kier molecular flexibility index (Phi) is 6.65. The van der Waals surface area contributed by atoms with Gasteiger partial charge in [-0.2, -0.15) is 0 Å². The molecule has 0 rings (SSSR count). The van der Waals surface area contributed by atoms with Gasteiger partial charge in [0.1, 0.15) is 13.2 Å². The molecule has 0 aromatic carbocycles. The monoisotopic (exact) mass is 230 g/mol. The molecule has 0 bridgehead atoms. The van der Waals surface area contributed by atoms with E-state index < -0.39 is 0 Å². The average molecular weight is 230 g/mol. The predicted octanol–water partition coefficient (Wildman–Crippen LogP) is 2.31. The molecule has 0 unspecified atom stereocenters. The minimum atomic E-state index is -0.0699. The molecule has 0 radical (unpaired) electrons. The van der Waals surface area contributed by atoms with Crippen LogP contribution in [0.15, 0.2) is 0 Å². The number of hydrogen-bond acceptors (Lipinski definition) is 2. The van der Waals surface area contributed by atoms with Crippen molar-refractivity contribution in [2.45, 2.75) is 34.1 Å². The van der Waals surface area contributed by atoms with Gasteiger partial charge in [0.25, 0.3) is 0 Å². The molecule has 0 saturated heterocycles. The summed E-state index contributed by atoms with van der Waals surface area (Å²) in [6.07, 6.45) is 0.525. The molecule has 3 nitrogen and oxygen atoms in total. The second kappa shape index (κ2) is 6.89. The SMILES string of the molecule is CC(C)CC(=O)OCC[N+](C)(C)CC(C)C. The first-order chi connectivity index (χ1) is 7.23. The van der Waals surface area contributed by atoms with Gasteiger partial charge < -0.3 is 9.22 Å². The average Bonchev–Trinajstić information content (AvgIpc) is 1.98. The molecule has 0 fully saturated rings. The molecule has 0 aliphatic heterocycles. The van der Waals surface area contributed by atoms with Crippen molar-refractivity contribution in [3.05, 3.63) is 0 Å². The molecular weight excluding hydrogens is 202 g/mol. The van der Waals surface area contributed by atoms with E-state index in [1.165, 1.54) is 0 Å². The zero-order chi connectivity index (χ0) is 12.8. The number of carbonyl (C=O) groups is 1. The zero-order valence-electron chi connectivity index (χ0n) is 11.7. The Labute approximate surface area is 100 Å². The van der Waals surface area contributed by atoms with Gasteiger partial charge in [-0.15, -0.1) is 0 Å². The molecule has 0 aliphatic carbocycles. The topological polar surface area (TPSA) is 26.3 Å². The molecule has 0 aromatic heterocycles. The number of carbonyl (C=O) groups excluding carboxylic acids is 1. The van der Waals surface area contributed by atoms with Gasteiger partial charge in [-0.3, -0.25) is 4.79 Å². The quantitative estimate of drug-likeness (QED) is 0.495. The highest BCUT2D eigenvalue weighted by Gasteiger charge is 2.17. The van der Waals surface area contributed by atoms with E-state index in [1.807, 2.05) is 13.8 Å². The highest BCUT2D eigenvalue weighted by atomic mass is 16.5. The lowest BCUT2D eigenvalue weighted by Gasteiger charge is -2.31. The second-order valence-corrected chi connectivity index (χ2v) is 6.05. The molecule has 96 valence electrons. The molecule has 0 amide bonds. The fourth-order valence-corrected chi connectivity index (χ4v) is 1.88. The van der Waals surface area contributed by atoms with Crippen molar-refractivity contribution in [3.8, 4) is 0 Å². The third kappa shape index (κ3) is 8.72. The van der Waals surface area contributed by atoms with Crippen LogP contribution in [0, 0.1) is 11.8 Å². The summed E-state index contributed by atoms with van der Waals surface area (Å²) >= 11 is 0. The third-order valence-corrected chi connectivity index (χ3v) is 2.39. The molecule has 0 heterocycles. The number of esters is 1. The van der Waals surface area contributed by atoms with Crippen LogP contribution in [0.2, 0.25) is 0 Å². The van der Waals surface area contributed by atoms with Crippen molar-refractivity contribution in [1.29, 1.82) is 0 Å². The largest absolute Gasteiger partial charge is 0.460 e. The number of hydrogen-bond donors (Lipinski definition) is 0. The normalized spacial score (nSPS) is 12.2. The van der Waals surface area contributed by atoms with E-state index in [0.29, 0.717) is 24.9 Å². The summed E-state index contributed by atoms with van der Waals surface area (Å²) in [5.74, 6) is 0.978. The lowest BCUT2D eigenvalue weighted by atomic mass is 10.1. The van der Waals surface area contributed by atoms with Gasteiger partial charge >= 0.3 is 5.97 Å². The molecular formula is C13H28NO2+. The molecule has 0 aliphatic rings. The van der Waals surface area contributed by atoms with Crippen molar-refractivity contribution in [2.75, 3.05) is 33.8 Å². The maximum Gasteiger partial charge on any atom is 0.306 e. The van der Waals surface area contributed by atoms with Gasteiger partial charge in [0.2, 0.25) is 0 Å². The summed E-state index contributed by atoms with van der Waals surface area (Å²) in [5.41, 5.74) is 0. The molecule has 0 spiro atoms. The Morgan fingerprint density at radius 1 is 1.12 bits per heavy atom. The first-order valence-corrected chi connectivity index (χ1v) is 6.20. The molecule has 16 heavy (non-hydrogen) atoms. The van der Waals surface area contributed by atoms with Crippen LogP contribution in [0.3, 0.4) is 0 Å². The van der Waals surface area contributed by atoms with E-state index >= 15 is 0 Å². The van der Waals surface area contributed by atoms with E-state index in [4.69, 9.17) is 4.74 Å². The van der Waals surface area contributed by atoms with Gasteiger partial charge in [-0.05, 0) is 5.92 Å². The van der Waals surface area contributed by atoms with Crippen LogP contribution >= 0.6 is 0 Å². The second-order valence-electron chi connectivity index (χ2n) is 6.05. The van der Waals surface area contributed by atoms with E-state index in [0.717, 1.165) is 17.6 Å². The lowest BCUT2D eigenvalue weighted by Crippen LogP contribution is -2.45. The van der Waals surface area contributed by atoms with E-state index in [9.17, 15) is 4.79 Å². The Hall–Kier alpha value is -0.570. The van der Waals surface area contributed by atoms with Gasteiger partial charge in [0.15, 0.2) is 0 Å². The predicted molar refractivity (Wildman–Crippen MR) is 67.1 cm³/mol. The van der Waals surface area contributed by atoms with Crippen LogP contribution in [0.1, 0.15) is 34.1 Å². The van der Waals surface area contributed by atoms with E-state index in [-0.39, 0.29) is 5.97 Å². The number of ether oxygens (including phenoxy) is 1. The summed E-state index contributed by atoms with van der Waals surface area (Å²) in [6, 6.07) is 0. The summed E-state index contributed by atoms with van der Waals surface area (Å²) in [6.45, 7) is 11.0. The van der Waals surface area contributed by atoms with Crippen LogP contribution in [0.4, 0.5) is 0 Å². The Morgan fingerprint density at radius 2 is 1.69 bits per heavy atom. The molecule has 0 saturated carbocycles. The fraction of sp³-hybridized carbons (Fsp3) is 0.923. The van der Waals surface area contributed by atoms with Gasteiger partial charge in [-0.1, -0.05) is 27.7 Å². The summed E-state index contributed by atoms with van der Waals surface area (Å²) in [7, 11) is 4.35. The Balaban J connectivity index is 3.76. The van der Waals surface area contributed by atoms with Gasteiger partial charge in [0.05, 0.1) is 20.6 Å². The number of likely N-dealkylation sites (N-methyl/N-ethyl adjacent to an activating group) is 1. The van der Waals surface area contributed by atoms with Crippen LogP contribution in [0.25, 0.3) is 0 Å². The molecule has 3 heteroatoms. The van der Waals surface area contributed by atoms with Crippen molar-refractivity contribution in [1.82, 2.24) is 0 Å². The van der Waals surface area contributed by atoms with Gasteiger partial charge in [-0.25, -0.2) is 0 Å². The summed E-state index contributed by atoms with van der Waals surface area (Å²) < 4.78 is 6.13. The van der Waals surface area contributed by atoms with Crippen LogP contribution in [-0.4, -0.2) is 44.2 Å². The van der Waals surface area contributed by atoms with Crippen molar-refractivity contribution in [2.24, 2.45) is 11.8 Å². The summed E-state index contributed by atoms with van der Waals surface area (Å²) in [5, 5.41) is 0. The number of quaternary nitrogens is 1. The van der Waals surface area contributed by atoms with E-state index in [2.05, 4.69) is 27.9 Å². The maximum absolute atomic E-state index is 11.3.